The number of hydrogen-bond donors (Lipinski definition) is 2. The second kappa shape index (κ2) is 9.11. The van der Waals surface area contributed by atoms with Gasteiger partial charge in [0.1, 0.15) is 11.5 Å². The molecule has 1 aliphatic rings. The fourth-order valence-electron chi connectivity index (χ4n) is 3.46. The van der Waals surface area contributed by atoms with Gasteiger partial charge in [0.2, 0.25) is 15.9 Å². The first-order chi connectivity index (χ1) is 13.8. The van der Waals surface area contributed by atoms with Gasteiger partial charge >= 0.3 is 0 Å². The largest absolute Gasteiger partial charge is 0.465 e. The van der Waals surface area contributed by atoms with Crippen molar-refractivity contribution in [2.45, 2.75) is 57.0 Å². The Morgan fingerprint density at radius 1 is 1.10 bits per heavy atom. The predicted octanol–water partition coefficient (Wildman–Crippen LogP) is 3.44. The fourth-order valence-corrected chi connectivity index (χ4v) is 5.02. The third kappa shape index (κ3) is 5.26. The van der Waals surface area contributed by atoms with E-state index in [2.05, 4.69) is 10.6 Å². The smallest absolute Gasteiger partial charge is 0.243 e. The monoisotopic (exact) mass is 419 g/mol. The zero-order valence-electron chi connectivity index (χ0n) is 17.1. The van der Waals surface area contributed by atoms with Crippen LogP contribution in [0.1, 0.15) is 50.7 Å². The molecule has 1 aromatic carbocycles. The van der Waals surface area contributed by atoms with Crippen LogP contribution in [0.2, 0.25) is 0 Å². The number of nitrogens with zero attached hydrogens (tertiary/aromatic N) is 1. The highest BCUT2D eigenvalue weighted by Crippen LogP contribution is 2.23. The van der Waals surface area contributed by atoms with E-state index < -0.39 is 16.1 Å². The predicted molar refractivity (Wildman–Crippen MR) is 112 cm³/mol. The molecule has 1 saturated heterocycles. The average Bonchev–Trinajstić information content (AvgIpc) is 3.15. The van der Waals surface area contributed by atoms with Gasteiger partial charge in [-0.25, -0.2) is 8.42 Å². The summed E-state index contributed by atoms with van der Waals surface area (Å²) in [6.45, 7) is 6.65. The SMILES string of the molecule is Cc1ccc(C(C)NC(C)C(=O)Nc2cccc(S(=O)(=O)N3CCCCC3)c2)o1. The molecule has 2 atom stereocenters. The molecule has 1 aliphatic heterocycles. The van der Waals surface area contributed by atoms with E-state index in [4.69, 9.17) is 4.42 Å². The Balaban J connectivity index is 1.65. The van der Waals surface area contributed by atoms with E-state index >= 15 is 0 Å². The Morgan fingerprint density at radius 2 is 1.83 bits per heavy atom. The van der Waals surface area contributed by atoms with Crippen LogP contribution in [0.4, 0.5) is 5.69 Å². The summed E-state index contributed by atoms with van der Waals surface area (Å²) in [7, 11) is -3.54. The van der Waals surface area contributed by atoms with Gasteiger partial charge < -0.3 is 9.73 Å². The maximum absolute atomic E-state index is 12.9. The van der Waals surface area contributed by atoms with Crippen molar-refractivity contribution in [3.63, 3.8) is 0 Å². The van der Waals surface area contributed by atoms with Gasteiger partial charge in [-0.3, -0.25) is 10.1 Å². The number of rotatable bonds is 7. The van der Waals surface area contributed by atoms with Gasteiger partial charge in [-0.05, 0) is 63.9 Å². The van der Waals surface area contributed by atoms with Crippen LogP contribution in [-0.4, -0.2) is 37.8 Å². The summed E-state index contributed by atoms with van der Waals surface area (Å²) < 4.78 is 32.8. The first-order valence-electron chi connectivity index (χ1n) is 10.0. The second-order valence-corrected chi connectivity index (χ2v) is 9.48. The molecule has 1 fully saturated rings. The van der Waals surface area contributed by atoms with Crippen molar-refractivity contribution < 1.29 is 17.6 Å². The first kappa shape index (κ1) is 21.5. The number of nitrogens with one attached hydrogen (secondary N) is 2. The minimum absolute atomic E-state index is 0.129. The summed E-state index contributed by atoms with van der Waals surface area (Å²) in [6, 6.07) is 9.58. The molecule has 1 amide bonds. The summed E-state index contributed by atoms with van der Waals surface area (Å²) in [5.41, 5.74) is 0.461. The van der Waals surface area contributed by atoms with Crippen molar-refractivity contribution in [3.8, 4) is 0 Å². The first-order valence-corrected chi connectivity index (χ1v) is 11.4. The number of hydrogen-bond acceptors (Lipinski definition) is 5. The third-order valence-electron chi connectivity index (χ3n) is 5.14. The van der Waals surface area contributed by atoms with Crippen LogP contribution >= 0.6 is 0 Å². The Morgan fingerprint density at radius 3 is 2.48 bits per heavy atom. The molecule has 2 unspecified atom stereocenters. The lowest BCUT2D eigenvalue weighted by atomic mass is 10.2. The third-order valence-corrected chi connectivity index (χ3v) is 7.03. The van der Waals surface area contributed by atoms with Crippen molar-refractivity contribution >= 4 is 21.6 Å². The van der Waals surface area contributed by atoms with Gasteiger partial charge in [-0.1, -0.05) is 12.5 Å². The van der Waals surface area contributed by atoms with Gasteiger partial charge in [0.05, 0.1) is 17.0 Å². The summed E-state index contributed by atoms with van der Waals surface area (Å²) in [5.74, 6) is 1.34. The average molecular weight is 420 g/mol. The van der Waals surface area contributed by atoms with E-state index in [9.17, 15) is 13.2 Å². The number of benzene rings is 1. The zero-order chi connectivity index (χ0) is 21.0. The van der Waals surface area contributed by atoms with Gasteiger partial charge in [0, 0.05) is 18.8 Å². The minimum Gasteiger partial charge on any atom is -0.465 e. The van der Waals surface area contributed by atoms with Crippen LogP contribution < -0.4 is 10.6 Å². The number of anilines is 1. The molecule has 0 bridgehead atoms. The highest BCUT2D eigenvalue weighted by Gasteiger charge is 2.26. The number of carbonyl (C=O) groups excluding carboxylic acids is 1. The highest BCUT2D eigenvalue weighted by molar-refractivity contribution is 7.89. The Hall–Kier alpha value is -2.16. The van der Waals surface area contributed by atoms with Crippen molar-refractivity contribution in [1.82, 2.24) is 9.62 Å². The standard InChI is InChI=1S/C21H29N3O4S/c1-15-10-11-20(28-15)16(2)22-17(3)21(25)23-18-8-7-9-19(14-18)29(26,27)24-12-5-4-6-13-24/h7-11,14,16-17,22H,4-6,12-13H2,1-3H3,(H,23,25). The van der Waals surface area contributed by atoms with E-state index in [1.807, 2.05) is 26.0 Å². The zero-order valence-corrected chi connectivity index (χ0v) is 18.0. The Kier molecular flexibility index (Phi) is 6.77. The molecule has 0 spiro atoms. The molecule has 1 aromatic heterocycles. The van der Waals surface area contributed by atoms with E-state index in [0.29, 0.717) is 18.8 Å². The van der Waals surface area contributed by atoms with Gasteiger partial charge in [-0.2, -0.15) is 4.31 Å². The number of aryl methyl sites for hydroxylation is 1. The lowest BCUT2D eigenvalue weighted by Crippen LogP contribution is -2.39. The van der Waals surface area contributed by atoms with Crippen molar-refractivity contribution in [1.29, 1.82) is 0 Å². The van der Waals surface area contributed by atoms with Crippen LogP contribution in [0.15, 0.2) is 45.7 Å². The molecule has 2 aromatic rings. The molecule has 0 saturated carbocycles. The van der Waals surface area contributed by atoms with E-state index in [1.165, 1.54) is 10.4 Å². The Labute approximate surface area is 172 Å². The molecule has 2 N–H and O–H groups in total. The molecular weight excluding hydrogens is 390 g/mol. The van der Waals surface area contributed by atoms with Gasteiger partial charge in [0.25, 0.3) is 0 Å². The molecule has 8 heteroatoms. The lowest BCUT2D eigenvalue weighted by Gasteiger charge is -2.26. The maximum Gasteiger partial charge on any atom is 0.243 e. The van der Waals surface area contributed by atoms with E-state index in [-0.39, 0.29) is 16.8 Å². The van der Waals surface area contributed by atoms with Crippen molar-refractivity contribution in [2.24, 2.45) is 0 Å². The Bertz CT molecular complexity index is 948. The van der Waals surface area contributed by atoms with Crippen LogP contribution in [0, 0.1) is 6.92 Å². The molecular formula is C21H29N3O4S. The minimum atomic E-state index is -3.54. The van der Waals surface area contributed by atoms with Crippen molar-refractivity contribution in [3.05, 3.63) is 47.9 Å². The van der Waals surface area contributed by atoms with E-state index in [0.717, 1.165) is 30.8 Å². The number of piperidine rings is 1. The van der Waals surface area contributed by atoms with Crippen LogP contribution in [0.5, 0.6) is 0 Å². The molecule has 7 nitrogen and oxygen atoms in total. The molecule has 158 valence electrons. The molecule has 29 heavy (non-hydrogen) atoms. The van der Waals surface area contributed by atoms with Gasteiger partial charge in [0.15, 0.2) is 0 Å². The number of carbonyl (C=O) groups is 1. The van der Waals surface area contributed by atoms with Gasteiger partial charge in [-0.15, -0.1) is 0 Å². The summed E-state index contributed by atoms with van der Waals surface area (Å²) in [4.78, 5) is 12.8. The summed E-state index contributed by atoms with van der Waals surface area (Å²) in [5, 5.41) is 6.00. The van der Waals surface area contributed by atoms with Crippen molar-refractivity contribution in [2.75, 3.05) is 18.4 Å². The number of sulfonamides is 1. The number of furan rings is 1. The summed E-state index contributed by atoms with van der Waals surface area (Å²) in [6.07, 6.45) is 2.82. The molecule has 2 heterocycles. The lowest BCUT2D eigenvalue weighted by molar-refractivity contribution is -0.118. The molecule has 0 radical (unpaired) electrons. The van der Waals surface area contributed by atoms with Crippen LogP contribution in [0.25, 0.3) is 0 Å². The number of amides is 1. The topological polar surface area (TPSA) is 91.7 Å². The second-order valence-electron chi connectivity index (χ2n) is 7.54. The van der Waals surface area contributed by atoms with Crippen LogP contribution in [0.3, 0.4) is 0 Å². The summed E-state index contributed by atoms with van der Waals surface area (Å²) >= 11 is 0. The quantitative estimate of drug-likeness (QED) is 0.717. The highest BCUT2D eigenvalue weighted by atomic mass is 32.2. The van der Waals surface area contributed by atoms with E-state index in [1.54, 1.807) is 25.1 Å². The molecule has 0 aliphatic carbocycles. The molecule has 3 rings (SSSR count). The maximum atomic E-state index is 12.9. The van der Waals surface area contributed by atoms with Crippen LogP contribution in [-0.2, 0) is 14.8 Å². The fraction of sp³-hybridized carbons (Fsp3) is 0.476. The normalized spacial score (nSPS) is 17.6.